The minimum absolute atomic E-state index is 0.0677. The Kier molecular flexibility index (Phi) is 6.43. The molecule has 0 N–H and O–H groups in total. The lowest BCUT2D eigenvalue weighted by atomic mass is 9.84. The van der Waals surface area contributed by atoms with Gasteiger partial charge in [-0.3, -0.25) is 9.59 Å². The molecule has 0 spiro atoms. The van der Waals surface area contributed by atoms with Crippen LogP contribution in [0.5, 0.6) is 0 Å². The zero-order valence-corrected chi connectivity index (χ0v) is 17.5. The van der Waals surface area contributed by atoms with Crippen molar-refractivity contribution in [3.05, 3.63) is 0 Å². The number of nitrogens with zero attached hydrogens (tertiary/aromatic N) is 2. The molecule has 0 aromatic heterocycles. The molecule has 0 aliphatic carbocycles. The standard InChI is InChI=1S/C20H34N2O5/c1-19(2,3)27-18(25)22-10-7-14-13-21(9-8-15(14)22)16(23)11-20(4,5)12-17(24)26-6/h14-15H,7-13H2,1-6H3. The van der Waals surface area contributed by atoms with E-state index in [9.17, 15) is 14.4 Å². The smallest absolute Gasteiger partial charge is 0.410 e. The minimum atomic E-state index is -0.503. The summed E-state index contributed by atoms with van der Waals surface area (Å²) in [6.45, 7) is 11.4. The Bertz CT molecular complexity index is 581. The molecule has 0 saturated carbocycles. The highest BCUT2D eigenvalue weighted by Crippen LogP contribution is 2.34. The lowest BCUT2D eigenvalue weighted by molar-refractivity contribution is -0.144. The van der Waals surface area contributed by atoms with E-state index >= 15 is 0 Å². The predicted octanol–water partition coefficient (Wildman–Crippen LogP) is 2.82. The number of carbonyl (C=O) groups is 3. The predicted molar refractivity (Wildman–Crippen MR) is 101 cm³/mol. The number of carbonyl (C=O) groups excluding carboxylic acids is 3. The molecule has 27 heavy (non-hydrogen) atoms. The van der Waals surface area contributed by atoms with Crippen molar-refractivity contribution in [2.45, 2.75) is 71.9 Å². The zero-order chi connectivity index (χ0) is 20.4. The summed E-state index contributed by atoms with van der Waals surface area (Å²) >= 11 is 0. The van der Waals surface area contributed by atoms with Gasteiger partial charge < -0.3 is 19.3 Å². The molecular weight excluding hydrogens is 348 g/mol. The third-order valence-electron chi connectivity index (χ3n) is 5.30. The number of likely N-dealkylation sites (tertiary alicyclic amines) is 2. The first-order valence-corrected chi connectivity index (χ1v) is 9.76. The minimum Gasteiger partial charge on any atom is -0.469 e. The van der Waals surface area contributed by atoms with E-state index in [-0.39, 0.29) is 30.4 Å². The topological polar surface area (TPSA) is 76.2 Å². The summed E-state index contributed by atoms with van der Waals surface area (Å²) in [6, 6.07) is 0.145. The van der Waals surface area contributed by atoms with Crippen molar-refractivity contribution in [3.8, 4) is 0 Å². The van der Waals surface area contributed by atoms with Crippen LogP contribution in [0.25, 0.3) is 0 Å². The number of rotatable bonds is 4. The van der Waals surface area contributed by atoms with Crippen LogP contribution >= 0.6 is 0 Å². The van der Waals surface area contributed by atoms with Gasteiger partial charge in [-0.2, -0.15) is 0 Å². The molecule has 2 atom stereocenters. The fraction of sp³-hybridized carbons (Fsp3) is 0.850. The first-order chi connectivity index (χ1) is 12.4. The molecule has 2 unspecified atom stereocenters. The van der Waals surface area contributed by atoms with Crippen molar-refractivity contribution < 1.29 is 23.9 Å². The fourth-order valence-corrected chi connectivity index (χ4v) is 4.00. The van der Waals surface area contributed by atoms with Crippen LogP contribution < -0.4 is 0 Å². The Morgan fingerprint density at radius 2 is 1.67 bits per heavy atom. The third-order valence-corrected chi connectivity index (χ3v) is 5.30. The maximum absolute atomic E-state index is 12.7. The number of piperidine rings is 1. The number of hydrogen-bond donors (Lipinski definition) is 0. The highest BCUT2D eigenvalue weighted by molar-refractivity contribution is 5.78. The Labute approximate surface area is 162 Å². The Hall–Kier alpha value is -1.79. The Morgan fingerprint density at radius 1 is 1.00 bits per heavy atom. The molecule has 0 aromatic carbocycles. The van der Waals surface area contributed by atoms with Gasteiger partial charge in [0.05, 0.1) is 13.5 Å². The fourth-order valence-electron chi connectivity index (χ4n) is 4.00. The van der Waals surface area contributed by atoms with Gasteiger partial charge >= 0.3 is 12.1 Å². The van der Waals surface area contributed by atoms with Gasteiger partial charge in [0.2, 0.25) is 5.91 Å². The summed E-state index contributed by atoms with van der Waals surface area (Å²) in [5.74, 6) is 0.0623. The van der Waals surface area contributed by atoms with Crippen molar-refractivity contribution in [2.75, 3.05) is 26.7 Å². The summed E-state index contributed by atoms with van der Waals surface area (Å²) < 4.78 is 10.2. The first kappa shape index (κ1) is 21.5. The lowest BCUT2D eigenvalue weighted by Crippen LogP contribution is -2.50. The lowest BCUT2D eigenvalue weighted by Gasteiger charge is -2.39. The van der Waals surface area contributed by atoms with E-state index < -0.39 is 11.0 Å². The van der Waals surface area contributed by atoms with Gasteiger partial charge in [-0.25, -0.2) is 4.79 Å². The van der Waals surface area contributed by atoms with E-state index in [4.69, 9.17) is 9.47 Å². The van der Waals surface area contributed by atoms with Crippen LogP contribution in [0.4, 0.5) is 4.79 Å². The summed E-state index contributed by atoms with van der Waals surface area (Å²) in [5.41, 5.74) is -0.934. The highest BCUT2D eigenvalue weighted by atomic mass is 16.6. The SMILES string of the molecule is COC(=O)CC(C)(C)CC(=O)N1CCC2C(CCN2C(=O)OC(C)(C)C)C1. The molecular formula is C20H34N2O5. The van der Waals surface area contributed by atoms with Gasteiger partial charge in [0.15, 0.2) is 0 Å². The first-order valence-electron chi connectivity index (χ1n) is 9.76. The molecule has 2 aliphatic rings. The molecule has 7 nitrogen and oxygen atoms in total. The van der Waals surface area contributed by atoms with Crippen LogP contribution in [0, 0.1) is 11.3 Å². The van der Waals surface area contributed by atoms with Crippen LogP contribution in [0.3, 0.4) is 0 Å². The van der Waals surface area contributed by atoms with E-state index in [1.54, 1.807) is 0 Å². The van der Waals surface area contributed by atoms with Gasteiger partial charge in [-0.15, -0.1) is 0 Å². The quantitative estimate of drug-likeness (QED) is 0.699. The largest absolute Gasteiger partial charge is 0.469 e. The number of methoxy groups -OCH3 is 1. The normalized spacial score (nSPS) is 23.0. The van der Waals surface area contributed by atoms with E-state index in [2.05, 4.69) is 0 Å². The van der Waals surface area contributed by atoms with Gasteiger partial charge in [-0.05, 0) is 44.9 Å². The van der Waals surface area contributed by atoms with Crippen molar-refractivity contribution in [1.29, 1.82) is 0 Å². The monoisotopic (exact) mass is 382 g/mol. The summed E-state index contributed by atoms with van der Waals surface area (Å²) in [7, 11) is 1.36. The molecule has 7 heteroatoms. The Balaban J connectivity index is 1.91. The van der Waals surface area contributed by atoms with Gasteiger partial charge in [0, 0.05) is 32.1 Å². The number of esters is 1. The second kappa shape index (κ2) is 8.07. The van der Waals surface area contributed by atoms with E-state index in [0.717, 1.165) is 12.8 Å². The van der Waals surface area contributed by atoms with Crippen molar-refractivity contribution >= 4 is 18.0 Å². The van der Waals surface area contributed by atoms with Crippen LogP contribution in [0.1, 0.15) is 60.3 Å². The van der Waals surface area contributed by atoms with E-state index in [1.165, 1.54) is 7.11 Å². The number of amides is 2. The van der Waals surface area contributed by atoms with E-state index in [1.807, 2.05) is 44.4 Å². The van der Waals surface area contributed by atoms with Crippen molar-refractivity contribution in [2.24, 2.45) is 11.3 Å². The van der Waals surface area contributed by atoms with Gasteiger partial charge in [-0.1, -0.05) is 13.8 Å². The molecule has 2 heterocycles. The van der Waals surface area contributed by atoms with Crippen LogP contribution in [-0.2, 0) is 19.1 Å². The summed E-state index contributed by atoms with van der Waals surface area (Å²) in [6.07, 6.45) is 1.94. The van der Waals surface area contributed by atoms with Gasteiger partial charge in [0.25, 0.3) is 0 Å². The average molecular weight is 383 g/mol. The van der Waals surface area contributed by atoms with E-state index in [0.29, 0.717) is 32.0 Å². The number of ether oxygens (including phenoxy) is 2. The molecule has 0 radical (unpaired) electrons. The third kappa shape index (κ3) is 5.84. The molecule has 0 aromatic rings. The maximum Gasteiger partial charge on any atom is 0.410 e. The number of fused-ring (bicyclic) bond motifs is 1. The Morgan fingerprint density at radius 3 is 2.26 bits per heavy atom. The average Bonchev–Trinajstić information content (AvgIpc) is 2.95. The highest BCUT2D eigenvalue weighted by Gasteiger charge is 2.43. The molecule has 2 rings (SSSR count). The van der Waals surface area contributed by atoms with Crippen LogP contribution in [-0.4, -0.2) is 66.2 Å². The molecule has 0 bridgehead atoms. The molecule has 2 fully saturated rings. The molecule has 154 valence electrons. The summed E-state index contributed by atoms with van der Waals surface area (Å²) in [4.78, 5) is 40.4. The second-order valence-electron chi connectivity index (χ2n) is 9.51. The summed E-state index contributed by atoms with van der Waals surface area (Å²) in [5, 5.41) is 0. The second-order valence-corrected chi connectivity index (χ2v) is 9.51. The maximum atomic E-state index is 12.7. The van der Waals surface area contributed by atoms with Crippen molar-refractivity contribution in [3.63, 3.8) is 0 Å². The molecule has 2 saturated heterocycles. The van der Waals surface area contributed by atoms with Crippen molar-refractivity contribution in [1.82, 2.24) is 9.80 Å². The van der Waals surface area contributed by atoms with Crippen LogP contribution in [0.2, 0.25) is 0 Å². The molecule has 2 aliphatic heterocycles. The van der Waals surface area contributed by atoms with Gasteiger partial charge in [0.1, 0.15) is 5.60 Å². The molecule has 2 amide bonds. The number of hydrogen-bond acceptors (Lipinski definition) is 5. The van der Waals surface area contributed by atoms with Crippen LogP contribution in [0.15, 0.2) is 0 Å². The zero-order valence-electron chi connectivity index (χ0n) is 17.5.